The van der Waals surface area contributed by atoms with E-state index in [1.165, 1.54) is 0 Å². The van der Waals surface area contributed by atoms with Gasteiger partial charge in [-0.15, -0.1) is 6.58 Å². The summed E-state index contributed by atoms with van der Waals surface area (Å²) in [6.45, 7) is 9.92. The van der Waals surface area contributed by atoms with E-state index in [4.69, 9.17) is 9.73 Å². The first-order valence-electron chi connectivity index (χ1n) is 9.03. The normalized spacial score (nSPS) is 11.5. The Labute approximate surface area is 153 Å². The van der Waals surface area contributed by atoms with E-state index in [-0.39, 0.29) is 0 Å². The van der Waals surface area contributed by atoms with Crippen molar-refractivity contribution in [2.45, 2.75) is 26.3 Å². The summed E-state index contributed by atoms with van der Waals surface area (Å²) < 4.78 is 5.80. The summed E-state index contributed by atoms with van der Waals surface area (Å²) >= 11 is 0. The van der Waals surface area contributed by atoms with Crippen LogP contribution in [-0.2, 0) is 6.54 Å². The minimum Gasteiger partial charge on any atom is -0.492 e. The standard InChI is InChI=1S/C20H34N4O/c1-6-8-9-13-24(5)20(21-7-2)22-17-18-11-10-12-19(16-18)25-15-14-23(3)4/h6,10-12,16H,1,7-9,13-15,17H2,2-5H3,(H,21,22). The van der Waals surface area contributed by atoms with Crippen LogP contribution in [0.4, 0.5) is 0 Å². The van der Waals surface area contributed by atoms with E-state index in [2.05, 4.69) is 47.8 Å². The lowest BCUT2D eigenvalue weighted by atomic mass is 10.2. The van der Waals surface area contributed by atoms with Gasteiger partial charge in [0.1, 0.15) is 12.4 Å². The number of hydrogen-bond acceptors (Lipinski definition) is 3. The monoisotopic (exact) mass is 346 g/mol. The summed E-state index contributed by atoms with van der Waals surface area (Å²) in [5, 5.41) is 3.35. The van der Waals surface area contributed by atoms with Crippen molar-refractivity contribution in [1.29, 1.82) is 0 Å². The van der Waals surface area contributed by atoms with Crippen LogP contribution in [0.2, 0.25) is 0 Å². The molecule has 5 nitrogen and oxygen atoms in total. The zero-order valence-corrected chi connectivity index (χ0v) is 16.3. The average molecular weight is 347 g/mol. The lowest BCUT2D eigenvalue weighted by Crippen LogP contribution is -2.39. The Kier molecular flexibility index (Phi) is 10.4. The van der Waals surface area contributed by atoms with Crippen molar-refractivity contribution < 1.29 is 4.74 Å². The number of nitrogens with zero attached hydrogens (tertiary/aromatic N) is 3. The third kappa shape index (κ3) is 9.15. The fraction of sp³-hybridized carbons (Fsp3) is 0.550. The fourth-order valence-corrected chi connectivity index (χ4v) is 2.29. The first kappa shape index (κ1) is 21.0. The Hall–Kier alpha value is -2.01. The van der Waals surface area contributed by atoms with Gasteiger partial charge in [-0.05, 0) is 51.6 Å². The molecule has 0 aliphatic carbocycles. The first-order valence-corrected chi connectivity index (χ1v) is 9.03. The molecule has 0 amide bonds. The van der Waals surface area contributed by atoms with E-state index in [1.807, 2.05) is 32.3 Å². The van der Waals surface area contributed by atoms with Crippen LogP contribution in [0.3, 0.4) is 0 Å². The molecule has 140 valence electrons. The molecule has 1 aromatic carbocycles. The largest absolute Gasteiger partial charge is 0.492 e. The summed E-state index contributed by atoms with van der Waals surface area (Å²) in [6, 6.07) is 8.18. The second-order valence-corrected chi connectivity index (χ2v) is 6.32. The number of aliphatic imine (C=N–C) groups is 1. The fourth-order valence-electron chi connectivity index (χ4n) is 2.29. The van der Waals surface area contributed by atoms with E-state index in [1.54, 1.807) is 0 Å². The molecular weight excluding hydrogens is 312 g/mol. The lowest BCUT2D eigenvalue weighted by molar-refractivity contribution is 0.261. The highest BCUT2D eigenvalue weighted by atomic mass is 16.5. The molecule has 0 unspecified atom stereocenters. The first-order chi connectivity index (χ1) is 12.1. The van der Waals surface area contributed by atoms with E-state index in [0.717, 1.165) is 49.7 Å². The second-order valence-electron chi connectivity index (χ2n) is 6.32. The van der Waals surface area contributed by atoms with Crippen LogP contribution in [0.1, 0.15) is 25.3 Å². The number of guanidine groups is 1. The predicted molar refractivity (Wildman–Crippen MR) is 107 cm³/mol. The average Bonchev–Trinajstić information content (AvgIpc) is 2.58. The van der Waals surface area contributed by atoms with Gasteiger partial charge in [0.2, 0.25) is 0 Å². The van der Waals surface area contributed by atoms with Crippen molar-refractivity contribution in [2.75, 3.05) is 47.4 Å². The van der Waals surface area contributed by atoms with Gasteiger partial charge in [0, 0.05) is 26.7 Å². The Morgan fingerprint density at radius 2 is 2.08 bits per heavy atom. The van der Waals surface area contributed by atoms with E-state index < -0.39 is 0 Å². The molecule has 0 atom stereocenters. The zero-order chi connectivity index (χ0) is 18.5. The molecule has 0 aliphatic rings. The lowest BCUT2D eigenvalue weighted by Gasteiger charge is -2.21. The number of benzene rings is 1. The molecule has 5 heteroatoms. The van der Waals surface area contributed by atoms with Crippen LogP contribution in [-0.4, -0.2) is 63.1 Å². The highest BCUT2D eigenvalue weighted by Gasteiger charge is 2.05. The molecule has 0 saturated carbocycles. The maximum atomic E-state index is 5.80. The van der Waals surface area contributed by atoms with Gasteiger partial charge in [-0.3, -0.25) is 0 Å². The number of allylic oxidation sites excluding steroid dienone is 1. The van der Waals surface area contributed by atoms with Crippen molar-refractivity contribution in [3.05, 3.63) is 42.5 Å². The van der Waals surface area contributed by atoms with Crippen molar-refractivity contribution in [3.63, 3.8) is 0 Å². The Bertz CT molecular complexity index is 528. The van der Waals surface area contributed by atoms with Crippen molar-refractivity contribution in [3.8, 4) is 5.75 Å². The third-order valence-electron chi connectivity index (χ3n) is 3.72. The molecule has 0 bridgehead atoms. The number of nitrogens with one attached hydrogen (secondary N) is 1. The molecule has 0 spiro atoms. The van der Waals surface area contributed by atoms with Gasteiger partial charge in [0.25, 0.3) is 0 Å². The van der Waals surface area contributed by atoms with Crippen molar-refractivity contribution in [2.24, 2.45) is 4.99 Å². The quantitative estimate of drug-likeness (QED) is 0.289. The van der Waals surface area contributed by atoms with Crippen LogP contribution in [0, 0.1) is 0 Å². The minimum atomic E-state index is 0.638. The maximum absolute atomic E-state index is 5.80. The SMILES string of the molecule is C=CCCCN(C)C(=NCc1cccc(OCCN(C)C)c1)NCC. The summed E-state index contributed by atoms with van der Waals surface area (Å²) in [6.07, 6.45) is 4.06. The van der Waals surface area contributed by atoms with Gasteiger partial charge in [0.15, 0.2) is 5.96 Å². The molecule has 0 saturated heterocycles. The number of ether oxygens (including phenoxy) is 1. The van der Waals surface area contributed by atoms with Gasteiger partial charge in [-0.2, -0.15) is 0 Å². The highest BCUT2D eigenvalue weighted by Crippen LogP contribution is 2.14. The molecule has 1 rings (SSSR count). The second kappa shape index (κ2) is 12.4. The predicted octanol–water partition coefficient (Wildman–Crippen LogP) is 2.99. The van der Waals surface area contributed by atoms with Crippen LogP contribution < -0.4 is 10.1 Å². The van der Waals surface area contributed by atoms with Gasteiger partial charge in [0.05, 0.1) is 6.54 Å². The van der Waals surface area contributed by atoms with Crippen molar-refractivity contribution in [1.82, 2.24) is 15.1 Å². The molecule has 0 radical (unpaired) electrons. The third-order valence-corrected chi connectivity index (χ3v) is 3.72. The molecular formula is C20H34N4O. The molecule has 0 aromatic heterocycles. The van der Waals surface area contributed by atoms with Crippen LogP contribution in [0.5, 0.6) is 5.75 Å². The molecule has 0 fully saturated rings. The number of unbranched alkanes of at least 4 members (excludes halogenated alkanes) is 1. The number of hydrogen-bond donors (Lipinski definition) is 1. The summed E-state index contributed by atoms with van der Waals surface area (Å²) in [4.78, 5) is 9.04. The topological polar surface area (TPSA) is 40.1 Å². The van der Waals surface area contributed by atoms with Crippen LogP contribution in [0.15, 0.2) is 41.9 Å². The van der Waals surface area contributed by atoms with E-state index >= 15 is 0 Å². The Balaban J connectivity index is 2.63. The number of rotatable bonds is 11. The molecule has 1 N–H and O–H groups in total. The van der Waals surface area contributed by atoms with E-state index in [0.29, 0.717) is 13.2 Å². The summed E-state index contributed by atoms with van der Waals surface area (Å²) in [5.74, 6) is 1.84. The zero-order valence-electron chi connectivity index (χ0n) is 16.3. The highest BCUT2D eigenvalue weighted by molar-refractivity contribution is 5.79. The van der Waals surface area contributed by atoms with Gasteiger partial charge in [-0.25, -0.2) is 4.99 Å². The smallest absolute Gasteiger partial charge is 0.193 e. The number of likely N-dealkylation sites (N-methyl/N-ethyl adjacent to an activating group) is 1. The van der Waals surface area contributed by atoms with Crippen LogP contribution >= 0.6 is 0 Å². The van der Waals surface area contributed by atoms with Gasteiger partial charge in [-0.1, -0.05) is 18.2 Å². The maximum Gasteiger partial charge on any atom is 0.193 e. The van der Waals surface area contributed by atoms with Gasteiger partial charge < -0.3 is 19.9 Å². The summed E-state index contributed by atoms with van der Waals surface area (Å²) in [7, 11) is 6.16. The van der Waals surface area contributed by atoms with E-state index in [9.17, 15) is 0 Å². The molecule has 0 aliphatic heterocycles. The van der Waals surface area contributed by atoms with Gasteiger partial charge >= 0.3 is 0 Å². The molecule has 25 heavy (non-hydrogen) atoms. The Morgan fingerprint density at radius 1 is 1.28 bits per heavy atom. The van der Waals surface area contributed by atoms with Crippen LogP contribution in [0.25, 0.3) is 0 Å². The molecule has 0 heterocycles. The van der Waals surface area contributed by atoms with Crippen molar-refractivity contribution >= 4 is 5.96 Å². The minimum absolute atomic E-state index is 0.638. The molecule has 1 aromatic rings. The Morgan fingerprint density at radius 3 is 2.76 bits per heavy atom. The summed E-state index contributed by atoms with van der Waals surface area (Å²) in [5.41, 5.74) is 1.15.